The molecule has 0 unspecified atom stereocenters. The fourth-order valence-corrected chi connectivity index (χ4v) is 2.02. The maximum Gasteiger partial charge on any atom is 0.0945 e. The number of hydrogen-bond donors (Lipinski definition) is 0. The molecule has 3 heteroatoms. The van der Waals surface area contributed by atoms with Gasteiger partial charge in [0.1, 0.15) is 0 Å². The van der Waals surface area contributed by atoms with Crippen LogP contribution in [-0.2, 0) is 6.54 Å². The molecule has 0 saturated heterocycles. The minimum absolute atomic E-state index is 0. The van der Waals surface area contributed by atoms with E-state index in [0.29, 0.717) is 0 Å². The van der Waals surface area contributed by atoms with E-state index in [1.54, 1.807) is 0 Å². The first kappa shape index (κ1) is 16.9. The largest absolute Gasteiger partial charge is 0.337 e. The molecule has 0 fully saturated rings. The van der Waals surface area contributed by atoms with E-state index < -0.39 is 0 Å². The van der Waals surface area contributed by atoms with Crippen LogP contribution in [0.25, 0.3) is 0 Å². The third-order valence-electron chi connectivity index (χ3n) is 3.08. The molecule has 0 radical (unpaired) electrons. The number of nitrogens with zero attached hydrogens (tertiary/aromatic N) is 2. The van der Waals surface area contributed by atoms with Crippen LogP contribution in [0.15, 0.2) is 18.7 Å². The summed E-state index contributed by atoms with van der Waals surface area (Å²) in [6.07, 6.45) is 18.4. The summed E-state index contributed by atoms with van der Waals surface area (Å²) in [5.41, 5.74) is 0. The van der Waals surface area contributed by atoms with Gasteiger partial charge < -0.3 is 4.57 Å². The summed E-state index contributed by atoms with van der Waals surface area (Å²) in [7, 11) is 0. The van der Waals surface area contributed by atoms with Crippen molar-refractivity contribution in [2.45, 2.75) is 71.3 Å². The van der Waals surface area contributed by atoms with Crippen LogP contribution in [0, 0.1) is 0 Å². The van der Waals surface area contributed by atoms with Crippen molar-refractivity contribution in [2.24, 2.45) is 0 Å². The first-order valence-electron chi connectivity index (χ1n) is 6.89. The molecule has 0 bridgehead atoms. The highest BCUT2D eigenvalue weighted by atomic mass is 127. The predicted octanol–water partition coefficient (Wildman–Crippen LogP) is 5.03. The Morgan fingerprint density at radius 2 is 1.47 bits per heavy atom. The van der Waals surface area contributed by atoms with Gasteiger partial charge in [0.15, 0.2) is 0 Å². The molecule has 0 saturated carbocycles. The van der Waals surface area contributed by atoms with Crippen LogP contribution in [0.1, 0.15) is 64.7 Å². The average molecular weight is 350 g/mol. The van der Waals surface area contributed by atoms with Crippen LogP contribution < -0.4 is 0 Å². The lowest BCUT2D eigenvalue weighted by Crippen LogP contribution is -1.93. The standard InChI is InChI=1S/C14H26N2.HI/c1-2-3-4-5-6-7-8-9-10-12-16-13-11-15-14-16;/h11,13-14H,2-10,12H2,1H3;1H. The Balaban J connectivity index is 0.00000256. The van der Waals surface area contributed by atoms with E-state index in [9.17, 15) is 0 Å². The van der Waals surface area contributed by atoms with E-state index in [0.717, 1.165) is 6.54 Å². The van der Waals surface area contributed by atoms with Gasteiger partial charge in [-0.05, 0) is 6.42 Å². The third kappa shape index (κ3) is 9.62. The Labute approximate surface area is 123 Å². The maximum absolute atomic E-state index is 4.04. The molecule has 0 N–H and O–H groups in total. The molecule has 17 heavy (non-hydrogen) atoms. The van der Waals surface area contributed by atoms with Crippen molar-refractivity contribution in [3.8, 4) is 0 Å². The zero-order chi connectivity index (χ0) is 11.5. The molecule has 0 amide bonds. The Hall–Kier alpha value is -0.0600. The van der Waals surface area contributed by atoms with Gasteiger partial charge in [0.2, 0.25) is 0 Å². The van der Waals surface area contributed by atoms with Crippen molar-refractivity contribution in [2.75, 3.05) is 0 Å². The van der Waals surface area contributed by atoms with Gasteiger partial charge in [0.25, 0.3) is 0 Å². The molecule has 1 rings (SSSR count). The first-order valence-corrected chi connectivity index (χ1v) is 6.89. The zero-order valence-electron chi connectivity index (χ0n) is 11.1. The minimum atomic E-state index is 0. The van der Waals surface area contributed by atoms with Gasteiger partial charge in [-0.25, -0.2) is 4.98 Å². The van der Waals surface area contributed by atoms with Crippen LogP contribution in [0.2, 0.25) is 0 Å². The number of rotatable bonds is 10. The van der Waals surface area contributed by atoms with Crippen LogP contribution in [0.4, 0.5) is 0 Å². The van der Waals surface area contributed by atoms with Gasteiger partial charge >= 0.3 is 0 Å². The molecule has 1 heterocycles. The molecule has 0 atom stereocenters. The molecule has 0 aliphatic heterocycles. The van der Waals surface area contributed by atoms with E-state index in [4.69, 9.17) is 0 Å². The van der Waals surface area contributed by atoms with Gasteiger partial charge in [-0.3, -0.25) is 0 Å². The Morgan fingerprint density at radius 1 is 0.882 bits per heavy atom. The number of aromatic nitrogens is 2. The topological polar surface area (TPSA) is 17.8 Å². The summed E-state index contributed by atoms with van der Waals surface area (Å²) in [5.74, 6) is 0. The number of aryl methyl sites for hydroxylation is 1. The van der Waals surface area contributed by atoms with Gasteiger partial charge in [-0.2, -0.15) is 0 Å². The van der Waals surface area contributed by atoms with Gasteiger partial charge in [-0.15, -0.1) is 24.0 Å². The summed E-state index contributed by atoms with van der Waals surface area (Å²) in [6, 6.07) is 0. The molecule has 0 aliphatic carbocycles. The molecule has 0 aromatic carbocycles. The minimum Gasteiger partial charge on any atom is -0.337 e. The van der Waals surface area contributed by atoms with Crippen LogP contribution >= 0.6 is 24.0 Å². The average Bonchev–Trinajstić information content (AvgIpc) is 2.80. The highest BCUT2D eigenvalue weighted by molar-refractivity contribution is 14.0. The smallest absolute Gasteiger partial charge is 0.0945 e. The summed E-state index contributed by atoms with van der Waals surface area (Å²) >= 11 is 0. The second kappa shape index (κ2) is 12.4. The lowest BCUT2D eigenvalue weighted by molar-refractivity contribution is 0.538. The summed E-state index contributed by atoms with van der Waals surface area (Å²) in [6.45, 7) is 3.41. The second-order valence-corrected chi connectivity index (χ2v) is 4.63. The fourth-order valence-electron chi connectivity index (χ4n) is 2.02. The first-order chi connectivity index (χ1) is 7.93. The lowest BCUT2D eigenvalue weighted by Gasteiger charge is -2.02. The van der Waals surface area contributed by atoms with Gasteiger partial charge in [-0.1, -0.05) is 58.3 Å². The quantitative estimate of drug-likeness (QED) is 0.427. The number of unbranched alkanes of at least 4 members (excludes halogenated alkanes) is 8. The Kier molecular flexibility index (Phi) is 12.4. The van der Waals surface area contributed by atoms with E-state index in [1.165, 1.54) is 57.8 Å². The predicted molar refractivity (Wildman–Crippen MR) is 84.9 cm³/mol. The molecule has 1 aromatic rings. The third-order valence-corrected chi connectivity index (χ3v) is 3.08. The second-order valence-electron chi connectivity index (χ2n) is 4.63. The Morgan fingerprint density at radius 3 is 2.00 bits per heavy atom. The van der Waals surface area contributed by atoms with E-state index in [1.807, 2.05) is 18.7 Å². The fraction of sp³-hybridized carbons (Fsp3) is 0.786. The summed E-state index contributed by atoms with van der Waals surface area (Å²) in [4.78, 5) is 4.04. The monoisotopic (exact) mass is 350 g/mol. The van der Waals surface area contributed by atoms with Crippen molar-refractivity contribution in [1.82, 2.24) is 9.55 Å². The van der Waals surface area contributed by atoms with E-state index in [-0.39, 0.29) is 24.0 Å². The highest BCUT2D eigenvalue weighted by Crippen LogP contribution is 2.09. The highest BCUT2D eigenvalue weighted by Gasteiger charge is 1.93. The number of halogens is 1. The van der Waals surface area contributed by atoms with Gasteiger partial charge in [0.05, 0.1) is 6.33 Å². The molecular weight excluding hydrogens is 323 g/mol. The van der Waals surface area contributed by atoms with Crippen molar-refractivity contribution < 1.29 is 0 Å². The molecular formula is C14H27IN2. The summed E-state index contributed by atoms with van der Waals surface area (Å²) in [5, 5.41) is 0. The van der Waals surface area contributed by atoms with Crippen LogP contribution in [0.3, 0.4) is 0 Å². The molecule has 0 spiro atoms. The molecule has 100 valence electrons. The van der Waals surface area contributed by atoms with Crippen molar-refractivity contribution in [3.05, 3.63) is 18.7 Å². The van der Waals surface area contributed by atoms with E-state index >= 15 is 0 Å². The lowest BCUT2D eigenvalue weighted by atomic mass is 10.1. The molecule has 1 aromatic heterocycles. The summed E-state index contributed by atoms with van der Waals surface area (Å²) < 4.78 is 2.17. The van der Waals surface area contributed by atoms with Crippen molar-refractivity contribution in [3.63, 3.8) is 0 Å². The number of hydrogen-bond acceptors (Lipinski definition) is 1. The zero-order valence-corrected chi connectivity index (χ0v) is 13.4. The molecule has 2 nitrogen and oxygen atoms in total. The van der Waals surface area contributed by atoms with Crippen molar-refractivity contribution in [1.29, 1.82) is 0 Å². The van der Waals surface area contributed by atoms with Crippen molar-refractivity contribution >= 4 is 24.0 Å². The normalized spacial score (nSPS) is 10.2. The molecule has 0 aliphatic rings. The van der Waals surface area contributed by atoms with E-state index in [2.05, 4.69) is 16.5 Å². The van der Waals surface area contributed by atoms with Crippen LogP contribution in [-0.4, -0.2) is 9.55 Å². The maximum atomic E-state index is 4.04. The number of imidazole rings is 1. The Bertz CT molecular complexity index is 234. The van der Waals surface area contributed by atoms with Crippen LogP contribution in [0.5, 0.6) is 0 Å². The van der Waals surface area contributed by atoms with Gasteiger partial charge in [0, 0.05) is 18.9 Å². The SMILES string of the molecule is CCCCCCCCCCCn1ccnc1.I.